The van der Waals surface area contributed by atoms with Crippen LogP contribution in [-0.2, 0) is 9.53 Å². The third-order valence-corrected chi connectivity index (χ3v) is 4.72. The highest BCUT2D eigenvalue weighted by molar-refractivity contribution is 5.75. The summed E-state index contributed by atoms with van der Waals surface area (Å²) in [4.78, 5) is 14.2. The summed E-state index contributed by atoms with van der Waals surface area (Å²) in [5, 5.41) is 3.30. The molecule has 0 saturated heterocycles. The van der Waals surface area contributed by atoms with Gasteiger partial charge in [-0.3, -0.25) is 4.79 Å². The Labute approximate surface area is 130 Å². The SMILES string of the molecule is COC(=O)C(CCN(C)C1CCC(C)(C)CC1)NC(C)C. The molecule has 0 aromatic carbocycles. The van der Waals surface area contributed by atoms with E-state index < -0.39 is 0 Å². The van der Waals surface area contributed by atoms with E-state index in [0.717, 1.165) is 13.0 Å². The minimum atomic E-state index is -0.197. The lowest BCUT2D eigenvalue weighted by Crippen LogP contribution is -2.45. The van der Waals surface area contributed by atoms with Crippen LogP contribution in [0.1, 0.15) is 59.8 Å². The Balaban J connectivity index is 2.42. The average molecular weight is 298 g/mol. The minimum Gasteiger partial charge on any atom is -0.468 e. The van der Waals surface area contributed by atoms with Gasteiger partial charge in [0.15, 0.2) is 0 Å². The first-order valence-corrected chi connectivity index (χ1v) is 8.29. The fourth-order valence-corrected chi connectivity index (χ4v) is 3.15. The van der Waals surface area contributed by atoms with Gasteiger partial charge in [-0.15, -0.1) is 0 Å². The maximum absolute atomic E-state index is 11.8. The van der Waals surface area contributed by atoms with E-state index in [-0.39, 0.29) is 18.1 Å². The van der Waals surface area contributed by atoms with Gasteiger partial charge in [0.2, 0.25) is 0 Å². The monoisotopic (exact) mass is 298 g/mol. The third-order valence-electron chi connectivity index (χ3n) is 4.72. The van der Waals surface area contributed by atoms with Crippen molar-refractivity contribution < 1.29 is 9.53 Å². The Kier molecular flexibility index (Phi) is 7.14. The topological polar surface area (TPSA) is 41.6 Å². The van der Waals surface area contributed by atoms with Crippen molar-refractivity contribution in [2.75, 3.05) is 20.7 Å². The second kappa shape index (κ2) is 8.14. The lowest BCUT2D eigenvalue weighted by molar-refractivity contribution is -0.143. The summed E-state index contributed by atoms with van der Waals surface area (Å²) in [5.41, 5.74) is 0.505. The van der Waals surface area contributed by atoms with Gasteiger partial charge >= 0.3 is 5.97 Å². The highest BCUT2D eigenvalue weighted by Crippen LogP contribution is 2.36. The lowest BCUT2D eigenvalue weighted by atomic mass is 9.75. The molecule has 0 bridgehead atoms. The van der Waals surface area contributed by atoms with Gasteiger partial charge in [-0.25, -0.2) is 0 Å². The largest absolute Gasteiger partial charge is 0.468 e. The number of carbonyl (C=O) groups excluding carboxylic acids is 1. The smallest absolute Gasteiger partial charge is 0.322 e. The molecule has 0 amide bonds. The molecule has 1 fully saturated rings. The Hall–Kier alpha value is -0.610. The Bertz CT molecular complexity index is 319. The van der Waals surface area contributed by atoms with E-state index in [0.29, 0.717) is 11.5 Å². The zero-order valence-corrected chi connectivity index (χ0v) is 14.7. The Morgan fingerprint density at radius 3 is 2.38 bits per heavy atom. The molecule has 1 saturated carbocycles. The van der Waals surface area contributed by atoms with Gasteiger partial charge in [0.05, 0.1) is 7.11 Å². The molecular weight excluding hydrogens is 264 g/mol. The number of hydrogen-bond acceptors (Lipinski definition) is 4. The molecule has 1 N–H and O–H groups in total. The summed E-state index contributed by atoms with van der Waals surface area (Å²) < 4.78 is 4.90. The predicted octanol–water partition coefficient (Wildman–Crippen LogP) is 2.82. The standard InChI is InChI=1S/C17H34N2O2/c1-13(2)18-15(16(20)21-6)9-12-19(5)14-7-10-17(3,4)11-8-14/h13-15,18H,7-12H2,1-6H3. The van der Waals surface area contributed by atoms with Crippen LogP contribution in [0.3, 0.4) is 0 Å². The van der Waals surface area contributed by atoms with Crippen molar-refractivity contribution in [2.24, 2.45) is 5.41 Å². The van der Waals surface area contributed by atoms with Crippen LogP contribution in [0.15, 0.2) is 0 Å². The van der Waals surface area contributed by atoms with E-state index in [4.69, 9.17) is 4.74 Å². The number of nitrogens with one attached hydrogen (secondary N) is 1. The number of rotatable bonds is 7. The maximum Gasteiger partial charge on any atom is 0.322 e. The second-order valence-electron chi connectivity index (χ2n) is 7.56. The van der Waals surface area contributed by atoms with Crippen LogP contribution < -0.4 is 5.32 Å². The molecule has 4 nitrogen and oxygen atoms in total. The Morgan fingerprint density at radius 2 is 1.90 bits per heavy atom. The van der Waals surface area contributed by atoms with Crippen molar-refractivity contribution in [2.45, 2.75) is 77.9 Å². The van der Waals surface area contributed by atoms with Gasteiger partial charge in [-0.1, -0.05) is 27.7 Å². The summed E-state index contributed by atoms with van der Waals surface area (Å²) in [7, 11) is 3.65. The van der Waals surface area contributed by atoms with Crippen LogP contribution in [0.4, 0.5) is 0 Å². The first kappa shape index (κ1) is 18.4. The fourth-order valence-electron chi connectivity index (χ4n) is 3.15. The van der Waals surface area contributed by atoms with Crippen LogP contribution in [0.25, 0.3) is 0 Å². The first-order chi connectivity index (χ1) is 9.75. The summed E-state index contributed by atoms with van der Waals surface area (Å²) in [6, 6.07) is 0.753. The van der Waals surface area contributed by atoms with Gasteiger partial charge in [0.1, 0.15) is 6.04 Å². The molecule has 1 aliphatic rings. The van der Waals surface area contributed by atoms with E-state index in [9.17, 15) is 4.79 Å². The summed E-state index contributed by atoms with van der Waals surface area (Å²) in [5.74, 6) is -0.151. The van der Waals surface area contributed by atoms with E-state index in [1.165, 1.54) is 32.8 Å². The highest BCUT2D eigenvalue weighted by Gasteiger charge is 2.29. The molecule has 1 aliphatic carbocycles. The molecule has 1 atom stereocenters. The van der Waals surface area contributed by atoms with Crippen LogP contribution in [0, 0.1) is 5.41 Å². The molecule has 0 aromatic heterocycles. The van der Waals surface area contributed by atoms with Gasteiger partial charge < -0.3 is 15.0 Å². The predicted molar refractivity (Wildman–Crippen MR) is 87.4 cm³/mol. The quantitative estimate of drug-likeness (QED) is 0.734. The van der Waals surface area contributed by atoms with Crippen LogP contribution in [0.2, 0.25) is 0 Å². The average Bonchev–Trinajstić information content (AvgIpc) is 2.41. The molecule has 0 heterocycles. The first-order valence-electron chi connectivity index (χ1n) is 8.29. The molecule has 1 unspecified atom stereocenters. The normalized spacial score (nSPS) is 20.8. The number of carbonyl (C=O) groups is 1. The van der Waals surface area contributed by atoms with Gasteiger partial charge in [-0.2, -0.15) is 0 Å². The molecule has 124 valence electrons. The molecule has 4 heteroatoms. The molecule has 1 rings (SSSR count). The van der Waals surface area contributed by atoms with Crippen molar-refractivity contribution in [1.82, 2.24) is 10.2 Å². The van der Waals surface area contributed by atoms with Gasteiger partial charge in [0, 0.05) is 18.6 Å². The van der Waals surface area contributed by atoms with E-state index >= 15 is 0 Å². The van der Waals surface area contributed by atoms with Crippen LogP contribution >= 0.6 is 0 Å². The summed E-state index contributed by atoms with van der Waals surface area (Å²) >= 11 is 0. The third kappa shape index (κ3) is 6.35. The second-order valence-corrected chi connectivity index (χ2v) is 7.56. The molecule has 0 spiro atoms. The van der Waals surface area contributed by atoms with Crippen molar-refractivity contribution in [1.29, 1.82) is 0 Å². The van der Waals surface area contributed by atoms with Crippen molar-refractivity contribution in [3.05, 3.63) is 0 Å². The molecule has 0 aromatic rings. The molecular formula is C17H34N2O2. The number of esters is 1. The van der Waals surface area contributed by atoms with Crippen LogP contribution in [0.5, 0.6) is 0 Å². The van der Waals surface area contributed by atoms with E-state index in [2.05, 4.69) is 45.0 Å². The number of methoxy groups -OCH3 is 1. The van der Waals surface area contributed by atoms with Crippen molar-refractivity contribution in [3.8, 4) is 0 Å². The molecule has 0 aliphatic heterocycles. The number of hydrogen-bond donors (Lipinski definition) is 1. The minimum absolute atomic E-state index is 0.151. The zero-order chi connectivity index (χ0) is 16.0. The summed E-state index contributed by atoms with van der Waals surface area (Å²) in [6.45, 7) is 9.78. The van der Waals surface area contributed by atoms with E-state index in [1.807, 2.05) is 0 Å². The molecule has 0 radical (unpaired) electrons. The maximum atomic E-state index is 11.8. The Morgan fingerprint density at radius 1 is 1.33 bits per heavy atom. The highest BCUT2D eigenvalue weighted by atomic mass is 16.5. The van der Waals surface area contributed by atoms with Gasteiger partial charge in [-0.05, 0) is 44.6 Å². The number of ether oxygens (including phenoxy) is 1. The zero-order valence-electron chi connectivity index (χ0n) is 14.7. The molecule has 21 heavy (non-hydrogen) atoms. The number of nitrogens with zero attached hydrogens (tertiary/aromatic N) is 1. The van der Waals surface area contributed by atoms with Gasteiger partial charge in [0.25, 0.3) is 0 Å². The van der Waals surface area contributed by atoms with Crippen molar-refractivity contribution >= 4 is 5.97 Å². The fraction of sp³-hybridized carbons (Fsp3) is 0.941. The lowest BCUT2D eigenvalue weighted by Gasteiger charge is -2.39. The van der Waals surface area contributed by atoms with Crippen LogP contribution in [-0.4, -0.2) is 49.7 Å². The van der Waals surface area contributed by atoms with E-state index in [1.54, 1.807) is 0 Å². The summed E-state index contributed by atoms with van der Waals surface area (Å²) in [6.07, 6.45) is 5.94. The van der Waals surface area contributed by atoms with Crippen molar-refractivity contribution in [3.63, 3.8) is 0 Å².